The molecule has 11 nitrogen and oxygen atoms in total. The van der Waals surface area contributed by atoms with E-state index >= 15 is 0 Å². The van der Waals surface area contributed by atoms with Crippen LogP contribution >= 0.6 is 7.82 Å². The first-order valence-electron chi connectivity index (χ1n) is 26.5. The van der Waals surface area contributed by atoms with E-state index < -0.39 is 64.4 Å². The van der Waals surface area contributed by atoms with Crippen LogP contribution in [0.4, 0.5) is 0 Å². The quantitative estimate of drug-likeness (QED) is 0.0197. The zero-order chi connectivity index (χ0) is 49.9. The summed E-state index contributed by atoms with van der Waals surface area (Å²) in [5.41, 5.74) is 0. The second kappa shape index (κ2) is 50.1. The van der Waals surface area contributed by atoms with Gasteiger partial charge in [0.1, 0.15) is 12.7 Å². The highest BCUT2D eigenvalue weighted by Gasteiger charge is 2.28. The van der Waals surface area contributed by atoms with Gasteiger partial charge in [-0.15, -0.1) is 0 Å². The van der Waals surface area contributed by atoms with E-state index in [1.54, 1.807) is 6.08 Å². The van der Waals surface area contributed by atoms with Crippen LogP contribution in [0.15, 0.2) is 85.1 Å². The Morgan fingerprint density at radius 1 is 0.441 bits per heavy atom. The van der Waals surface area contributed by atoms with Gasteiger partial charge in [-0.2, -0.15) is 0 Å². The van der Waals surface area contributed by atoms with E-state index in [-0.39, 0.29) is 19.3 Å². The molecule has 0 aromatic heterocycles. The SMILES string of the molecule is CC/C=C\C/C=C\C/C=C\C/C=C\C/C=C\CC(=O)OCC(COP(=O)(O)OCC(CO)OC(=O)CCCCCCCCCCCCC)OC(=O)CCCCCCC/C=C\C/C=C\CCCCC. The largest absolute Gasteiger partial charge is 0.472 e. The van der Waals surface area contributed by atoms with Crippen molar-refractivity contribution in [2.45, 2.75) is 226 Å². The van der Waals surface area contributed by atoms with Crippen molar-refractivity contribution in [2.75, 3.05) is 26.4 Å². The maximum atomic E-state index is 12.8. The third-order valence-corrected chi connectivity index (χ3v) is 11.8. The second-order valence-electron chi connectivity index (χ2n) is 17.3. The number of hydrogen-bond donors (Lipinski definition) is 2. The number of unbranched alkanes of at least 4 members (excludes halogenated alkanes) is 18. The molecule has 0 aromatic rings. The van der Waals surface area contributed by atoms with Crippen molar-refractivity contribution in [3.8, 4) is 0 Å². The molecule has 0 aliphatic heterocycles. The molecule has 0 spiro atoms. The number of phosphoric ester groups is 1. The van der Waals surface area contributed by atoms with Gasteiger partial charge in [-0.05, 0) is 77.0 Å². The predicted molar refractivity (Wildman–Crippen MR) is 279 cm³/mol. The fraction of sp³-hybridized carbons (Fsp3) is 0.696. The van der Waals surface area contributed by atoms with Crippen LogP contribution in [0.1, 0.15) is 213 Å². The lowest BCUT2D eigenvalue weighted by atomic mass is 10.1. The third kappa shape index (κ3) is 47.7. The predicted octanol–water partition coefficient (Wildman–Crippen LogP) is 15.1. The van der Waals surface area contributed by atoms with E-state index in [1.807, 2.05) is 12.2 Å². The van der Waals surface area contributed by atoms with Crippen LogP contribution in [0.2, 0.25) is 0 Å². The summed E-state index contributed by atoms with van der Waals surface area (Å²) in [4.78, 5) is 48.3. The third-order valence-electron chi connectivity index (χ3n) is 10.8. The molecule has 0 aliphatic rings. The summed E-state index contributed by atoms with van der Waals surface area (Å²) in [6.45, 7) is 4.35. The van der Waals surface area contributed by atoms with Gasteiger partial charge in [-0.1, -0.05) is 202 Å². The number of hydrogen-bond acceptors (Lipinski definition) is 10. The van der Waals surface area contributed by atoms with Crippen molar-refractivity contribution in [1.29, 1.82) is 0 Å². The number of aliphatic hydroxyl groups is 1. The average Bonchev–Trinajstić information content (AvgIpc) is 3.32. The topological polar surface area (TPSA) is 155 Å². The first kappa shape index (κ1) is 64.7. The molecular weight excluding hydrogens is 880 g/mol. The van der Waals surface area contributed by atoms with E-state index in [0.717, 1.165) is 89.9 Å². The lowest BCUT2D eigenvalue weighted by Crippen LogP contribution is -2.30. The normalized spacial score (nSPS) is 14.1. The molecule has 12 heteroatoms. The van der Waals surface area contributed by atoms with Gasteiger partial charge in [0, 0.05) is 12.8 Å². The Balaban J connectivity index is 4.89. The highest BCUT2D eigenvalue weighted by atomic mass is 31.2. The van der Waals surface area contributed by atoms with Gasteiger partial charge in [0.25, 0.3) is 0 Å². The van der Waals surface area contributed by atoms with Gasteiger partial charge >= 0.3 is 25.7 Å². The molecule has 0 bridgehead atoms. The standard InChI is InChI=1S/C56H95O11P/c1-4-7-10-13-16-19-22-24-26-28-31-33-36-39-42-45-54(58)63-49-53(67-56(60)47-44-41-38-35-32-29-27-25-23-20-17-14-11-8-5-2)51-65-68(61,62)64-50-52(48-57)66-55(59)46-43-40-37-34-30-21-18-15-12-9-6-3/h7,10,16-17,19-20,24-27,31,33,39,42,52-53,57H,4-6,8-9,11-15,18,21-23,28-30,32,34-38,40-41,43-51H2,1-3H3,(H,61,62)/b10-7-,19-16-,20-17-,26-24-,27-25-,33-31-,42-39-. The van der Waals surface area contributed by atoms with Gasteiger partial charge < -0.3 is 24.2 Å². The molecular formula is C56H95O11P. The first-order valence-corrected chi connectivity index (χ1v) is 28.0. The Labute approximate surface area is 413 Å². The second-order valence-corrected chi connectivity index (χ2v) is 18.8. The van der Waals surface area contributed by atoms with Crippen LogP contribution < -0.4 is 0 Å². The molecule has 2 N–H and O–H groups in total. The van der Waals surface area contributed by atoms with E-state index in [9.17, 15) is 28.9 Å². The molecule has 68 heavy (non-hydrogen) atoms. The molecule has 0 saturated carbocycles. The van der Waals surface area contributed by atoms with Crippen molar-refractivity contribution in [1.82, 2.24) is 0 Å². The average molecular weight is 975 g/mol. The summed E-state index contributed by atoms with van der Waals surface area (Å²) in [5.74, 6) is -1.64. The van der Waals surface area contributed by atoms with Crippen LogP contribution in [0.5, 0.6) is 0 Å². The Hall–Kier alpha value is -3.34. The molecule has 3 unspecified atom stereocenters. The Kier molecular flexibility index (Phi) is 47.6. The minimum absolute atomic E-state index is 0.0108. The number of carbonyl (C=O) groups is 3. The summed E-state index contributed by atoms with van der Waals surface area (Å²) in [5, 5.41) is 9.77. The van der Waals surface area contributed by atoms with Crippen molar-refractivity contribution in [3.63, 3.8) is 0 Å². The molecule has 0 saturated heterocycles. The van der Waals surface area contributed by atoms with Crippen molar-refractivity contribution >= 4 is 25.7 Å². The number of aliphatic hydroxyl groups excluding tert-OH is 1. The summed E-state index contributed by atoms with van der Waals surface area (Å²) in [7, 11) is -4.76. The van der Waals surface area contributed by atoms with Crippen LogP contribution in [-0.2, 0) is 42.2 Å². The van der Waals surface area contributed by atoms with Crippen LogP contribution in [0.3, 0.4) is 0 Å². The molecule has 390 valence electrons. The number of allylic oxidation sites excluding steroid dienone is 13. The smallest absolute Gasteiger partial charge is 0.461 e. The summed E-state index contributed by atoms with van der Waals surface area (Å²) in [6, 6.07) is 0. The molecule has 0 heterocycles. The van der Waals surface area contributed by atoms with Gasteiger partial charge in [-0.25, -0.2) is 4.57 Å². The Morgan fingerprint density at radius 2 is 0.809 bits per heavy atom. The zero-order valence-corrected chi connectivity index (χ0v) is 43.7. The minimum atomic E-state index is -4.76. The van der Waals surface area contributed by atoms with Crippen LogP contribution in [-0.4, -0.2) is 66.5 Å². The van der Waals surface area contributed by atoms with Crippen LogP contribution in [0, 0.1) is 0 Å². The van der Waals surface area contributed by atoms with Gasteiger partial charge in [-0.3, -0.25) is 23.4 Å². The number of ether oxygens (including phenoxy) is 3. The first-order chi connectivity index (χ1) is 33.2. The van der Waals surface area contributed by atoms with E-state index in [0.29, 0.717) is 19.3 Å². The summed E-state index contributed by atoms with van der Waals surface area (Å²) >= 11 is 0. The van der Waals surface area contributed by atoms with E-state index in [1.165, 1.54) is 64.2 Å². The molecule has 0 amide bonds. The van der Waals surface area contributed by atoms with Gasteiger partial charge in [0.15, 0.2) is 6.10 Å². The maximum absolute atomic E-state index is 12.8. The fourth-order valence-corrected chi connectivity index (χ4v) is 7.59. The number of rotatable bonds is 48. The zero-order valence-electron chi connectivity index (χ0n) is 42.8. The number of esters is 3. The lowest BCUT2D eigenvalue weighted by Gasteiger charge is -2.21. The molecule has 0 aromatic carbocycles. The van der Waals surface area contributed by atoms with Gasteiger partial charge in [0.2, 0.25) is 0 Å². The maximum Gasteiger partial charge on any atom is 0.472 e. The number of carbonyl (C=O) groups excluding carboxylic acids is 3. The fourth-order valence-electron chi connectivity index (χ4n) is 6.81. The highest BCUT2D eigenvalue weighted by Crippen LogP contribution is 2.43. The monoisotopic (exact) mass is 975 g/mol. The summed E-state index contributed by atoms with van der Waals surface area (Å²) < 4.78 is 39.2. The van der Waals surface area contributed by atoms with Crippen molar-refractivity contribution in [2.24, 2.45) is 0 Å². The van der Waals surface area contributed by atoms with Crippen molar-refractivity contribution < 1.29 is 52.2 Å². The molecule has 0 rings (SSSR count). The molecule has 0 fully saturated rings. The molecule has 0 radical (unpaired) electrons. The Morgan fingerprint density at radius 3 is 1.28 bits per heavy atom. The highest BCUT2D eigenvalue weighted by molar-refractivity contribution is 7.47. The lowest BCUT2D eigenvalue weighted by molar-refractivity contribution is -0.161. The summed E-state index contributed by atoms with van der Waals surface area (Å²) in [6.07, 6.45) is 55.8. The molecule has 3 atom stereocenters. The van der Waals surface area contributed by atoms with Crippen LogP contribution in [0.25, 0.3) is 0 Å². The van der Waals surface area contributed by atoms with E-state index in [4.69, 9.17) is 23.3 Å². The number of phosphoric acid groups is 1. The van der Waals surface area contributed by atoms with E-state index in [2.05, 4.69) is 87.6 Å². The minimum Gasteiger partial charge on any atom is -0.461 e. The van der Waals surface area contributed by atoms with Gasteiger partial charge in [0.05, 0.1) is 26.2 Å². The molecule has 0 aliphatic carbocycles. The Bertz CT molecular complexity index is 1460. The van der Waals surface area contributed by atoms with Crippen molar-refractivity contribution in [3.05, 3.63) is 85.1 Å².